The van der Waals surface area contributed by atoms with E-state index in [1.807, 2.05) is 23.1 Å². The zero-order chi connectivity index (χ0) is 25.4. The van der Waals surface area contributed by atoms with Crippen LogP contribution < -0.4 is 15.8 Å². The molecule has 0 atom stereocenters. The van der Waals surface area contributed by atoms with E-state index in [9.17, 15) is 14.0 Å². The van der Waals surface area contributed by atoms with E-state index in [1.54, 1.807) is 25.4 Å². The normalized spacial score (nSPS) is 14.1. The van der Waals surface area contributed by atoms with Crippen LogP contribution >= 0.6 is 0 Å². The predicted molar refractivity (Wildman–Crippen MR) is 130 cm³/mol. The molecule has 3 heterocycles. The van der Waals surface area contributed by atoms with Crippen LogP contribution in [0.1, 0.15) is 18.4 Å². The van der Waals surface area contributed by atoms with E-state index in [4.69, 9.17) is 19.8 Å². The number of rotatable bonds is 4. The number of hydrogen-bond donors (Lipinski definition) is 2. The smallest absolute Gasteiger partial charge is 0.404 e. The summed E-state index contributed by atoms with van der Waals surface area (Å²) in [5, 5.41) is 20.7. The van der Waals surface area contributed by atoms with Crippen LogP contribution in [0.4, 0.5) is 15.1 Å². The van der Waals surface area contributed by atoms with Gasteiger partial charge in [0, 0.05) is 37.3 Å². The third-order valence-electron chi connectivity index (χ3n) is 6.54. The molecule has 2 N–H and O–H groups in total. The Morgan fingerprint density at radius 3 is 2.64 bits per heavy atom. The second kappa shape index (κ2) is 9.19. The summed E-state index contributed by atoms with van der Waals surface area (Å²) in [6, 6.07) is 11.2. The maximum Gasteiger partial charge on any atom is 0.404 e. The van der Waals surface area contributed by atoms with Crippen molar-refractivity contribution in [3.63, 3.8) is 0 Å². The van der Waals surface area contributed by atoms with Crippen molar-refractivity contribution in [1.29, 1.82) is 5.26 Å². The molecule has 2 aromatic rings. The molecule has 9 nitrogen and oxygen atoms in total. The lowest BCUT2D eigenvalue weighted by atomic mass is 9.97. The zero-order valence-corrected chi connectivity index (χ0v) is 19.4. The molecule has 0 spiro atoms. The highest BCUT2D eigenvalue weighted by molar-refractivity contribution is 5.92. The second-order valence-corrected chi connectivity index (χ2v) is 8.69. The number of carboxylic acid groups (broad SMARTS) is 1. The van der Waals surface area contributed by atoms with Crippen molar-refractivity contribution in [2.75, 3.05) is 18.0 Å². The van der Waals surface area contributed by atoms with Gasteiger partial charge in [0.1, 0.15) is 11.9 Å². The molecule has 3 aliphatic rings. The minimum absolute atomic E-state index is 0.0993. The molecular weight excluding hydrogens is 465 g/mol. The number of fused-ring (bicyclic) bond motifs is 1. The Labute approximate surface area is 205 Å². The Morgan fingerprint density at radius 1 is 1.19 bits per heavy atom. The second-order valence-electron chi connectivity index (χ2n) is 8.69. The number of anilines is 1. The van der Waals surface area contributed by atoms with Crippen LogP contribution in [0.15, 0.2) is 58.1 Å². The van der Waals surface area contributed by atoms with Gasteiger partial charge in [-0.3, -0.25) is 9.36 Å². The lowest BCUT2D eigenvalue weighted by Gasteiger charge is -2.33. The predicted octanol–water partition coefficient (Wildman–Crippen LogP) is 4.06. The van der Waals surface area contributed by atoms with Crippen LogP contribution in [0.2, 0.25) is 0 Å². The minimum Gasteiger partial charge on any atom is -0.472 e. The maximum atomic E-state index is 14.6. The number of nitrogens with one attached hydrogen (secondary N) is 1. The molecule has 1 aliphatic carbocycles. The van der Waals surface area contributed by atoms with Gasteiger partial charge in [-0.05, 0) is 42.2 Å². The van der Waals surface area contributed by atoms with Gasteiger partial charge in [-0.2, -0.15) is 5.26 Å². The summed E-state index contributed by atoms with van der Waals surface area (Å²) in [4.78, 5) is 31.6. The van der Waals surface area contributed by atoms with Gasteiger partial charge < -0.3 is 19.7 Å². The SMILES string of the molecule is Cn1c(N2CCC(NC(=O)O)CC2)nc(-c2ccc(C#N)c(F)c2)c(-c2ccc3coccc2-3)c1=O. The van der Waals surface area contributed by atoms with Crippen molar-refractivity contribution in [3.05, 3.63) is 70.7 Å². The fraction of sp³-hybridized carbons (Fsp3) is 0.231. The van der Waals surface area contributed by atoms with Crippen LogP contribution in [0.5, 0.6) is 0 Å². The van der Waals surface area contributed by atoms with Gasteiger partial charge in [0.25, 0.3) is 5.56 Å². The van der Waals surface area contributed by atoms with Gasteiger partial charge in [0.2, 0.25) is 5.95 Å². The van der Waals surface area contributed by atoms with E-state index in [0.717, 1.165) is 11.1 Å². The highest BCUT2D eigenvalue weighted by Gasteiger charge is 2.27. The standard InChI is InChI=1S/C26H22FN5O4/c1-31-24(33)22(20-5-4-17-14-36-11-8-19(17)20)23(15-2-3-16(13-28)21(27)12-15)30-25(31)32-9-6-18(7-10-32)29-26(34)35/h2-5,8,11-12,14,18,29H,6-7,9-10H2,1H3,(H,34,35). The maximum absolute atomic E-state index is 14.6. The quantitative estimate of drug-likeness (QED) is 0.445. The van der Waals surface area contributed by atoms with Gasteiger partial charge >= 0.3 is 6.09 Å². The molecule has 1 amide bonds. The van der Waals surface area contributed by atoms with Crippen molar-refractivity contribution in [2.45, 2.75) is 18.9 Å². The van der Waals surface area contributed by atoms with Gasteiger partial charge in [0.15, 0.2) is 0 Å². The van der Waals surface area contributed by atoms with Crippen LogP contribution in [-0.2, 0) is 7.05 Å². The Bertz CT molecular complexity index is 1530. The monoisotopic (exact) mass is 487 g/mol. The molecule has 1 fully saturated rings. The molecule has 0 saturated carbocycles. The molecule has 10 heteroatoms. The number of amides is 1. The van der Waals surface area contributed by atoms with Gasteiger partial charge in [0.05, 0.1) is 29.3 Å². The number of halogens is 1. The van der Waals surface area contributed by atoms with Crippen LogP contribution in [0, 0.1) is 17.1 Å². The van der Waals surface area contributed by atoms with E-state index in [0.29, 0.717) is 54.3 Å². The largest absolute Gasteiger partial charge is 0.472 e. The Balaban J connectivity index is 1.66. The molecule has 36 heavy (non-hydrogen) atoms. The van der Waals surface area contributed by atoms with Crippen molar-refractivity contribution in [1.82, 2.24) is 14.9 Å². The summed E-state index contributed by atoms with van der Waals surface area (Å²) in [6.45, 7) is 0.985. The van der Waals surface area contributed by atoms with E-state index in [2.05, 4.69) is 5.32 Å². The fourth-order valence-corrected chi connectivity index (χ4v) is 4.71. The lowest BCUT2D eigenvalue weighted by Crippen LogP contribution is -2.46. The first-order valence-electron chi connectivity index (χ1n) is 11.4. The molecule has 5 rings (SSSR count). The molecule has 182 valence electrons. The zero-order valence-electron chi connectivity index (χ0n) is 19.4. The van der Waals surface area contributed by atoms with E-state index in [-0.39, 0.29) is 17.2 Å². The number of nitrogens with zero attached hydrogens (tertiary/aromatic N) is 4. The number of carbonyl (C=O) groups is 1. The number of nitriles is 1. The van der Waals surface area contributed by atoms with Gasteiger partial charge in [-0.1, -0.05) is 18.2 Å². The minimum atomic E-state index is -1.07. The summed E-state index contributed by atoms with van der Waals surface area (Å²) < 4.78 is 21.4. The average Bonchev–Trinajstić information content (AvgIpc) is 3.29. The summed E-state index contributed by atoms with van der Waals surface area (Å²) in [7, 11) is 1.64. The number of benzene rings is 1. The fourth-order valence-electron chi connectivity index (χ4n) is 4.71. The van der Waals surface area contributed by atoms with Crippen LogP contribution in [-0.4, -0.2) is 39.9 Å². The van der Waals surface area contributed by atoms with Crippen molar-refractivity contribution >= 4 is 12.0 Å². The first-order chi connectivity index (χ1) is 17.4. The average molecular weight is 487 g/mol. The van der Waals surface area contributed by atoms with E-state index >= 15 is 0 Å². The summed E-state index contributed by atoms with van der Waals surface area (Å²) in [6.07, 6.45) is 3.16. The lowest BCUT2D eigenvalue weighted by molar-refractivity contribution is 0.187. The topological polar surface area (TPSA) is 124 Å². The van der Waals surface area contributed by atoms with Crippen LogP contribution in [0.25, 0.3) is 33.5 Å². The molecule has 0 unspecified atom stereocenters. The Morgan fingerprint density at radius 2 is 1.94 bits per heavy atom. The van der Waals surface area contributed by atoms with Gasteiger partial charge in [-0.25, -0.2) is 14.2 Å². The number of aromatic nitrogens is 2. The summed E-state index contributed by atoms with van der Waals surface area (Å²) >= 11 is 0. The number of hydrogen-bond acceptors (Lipinski definition) is 6. The van der Waals surface area contributed by atoms with Crippen molar-refractivity contribution < 1.29 is 18.7 Å². The van der Waals surface area contributed by atoms with Gasteiger partial charge in [-0.15, -0.1) is 0 Å². The first-order valence-corrected chi connectivity index (χ1v) is 11.4. The molecule has 0 radical (unpaired) electrons. The summed E-state index contributed by atoms with van der Waals surface area (Å²) in [5.74, 6) is -0.292. The van der Waals surface area contributed by atoms with Crippen molar-refractivity contribution in [2.24, 2.45) is 7.05 Å². The Kier molecular flexibility index (Phi) is 5.90. The molecule has 1 aromatic carbocycles. The summed E-state index contributed by atoms with van der Waals surface area (Å²) in [5.41, 5.74) is 2.83. The van der Waals surface area contributed by atoms with Crippen LogP contribution in [0.3, 0.4) is 0 Å². The molecule has 2 aliphatic heterocycles. The van der Waals surface area contributed by atoms with E-state index in [1.165, 1.54) is 23.0 Å². The molecule has 1 saturated heterocycles. The molecular formula is C26H22FN5O4. The van der Waals surface area contributed by atoms with Crippen molar-refractivity contribution in [3.8, 4) is 39.6 Å². The first kappa shape index (κ1) is 23.1. The Hall–Kier alpha value is -4.65. The number of piperidine rings is 1. The highest BCUT2D eigenvalue weighted by Crippen LogP contribution is 2.39. The third kappa shape index (κ3) is 4.05. The van der Waals surface area contributed by atoms with E-state index < -0.39 is 11.9 Å². The highest BCUT2D eigenvalue weighted by atomic mass is 19.1. The molecule has 0 bridgehead atoms. The third-order valence-corrected chi connectivity index (χ3v) is 6.54. The molecule has 1 aromatic heterocycles.